The number of amides is 1. The Morgan fingerprint density at radius 1 is 1.46 bits per heavy atom. The molecule has 0 aromatic carbocycles. The van der Waals surface area contributed by atoms with Crippen LogP contribution < -0.4 is 0 Å². The van der Waals surface area contributed by atoms with E-state index in [1.165, 1.54) is 0 Å². The van der Waals surface area contributed by atoms with Crippen molar-refractivity contribution in [2.75, 3.05) is 13.2 Å². The van der Waals surface area contributed by atoms with Gasteiger partial charge in [0.05, 0.1) is 12.1 Å². The second-order valence-electron chi connectivity index (χ2n) is 7.03. The van der Waals surface area contributed by atoms with Gasteiger partial charge < -0.3 is 4.74 Å². The number of rotatable bonds is 2. The minimum Gasteiger partial charge on any atom is -0.449 e. The second kappa shape index (κ2) is 7.53. The van der Waals surface area contributed by atoms with E-state index in [1.807, 2.05) is 58.9 Å². The van der Waals surface area contributed by atoms with Gasteiger partial charge in [0, 0.05) is 12.2 Å². The van der Waals surface area contributed by atoms with Crippen LogP contribution in [-0.4, -0.2) is 34.7 Å². The van der Waals surface area contributed by atoms with Gasteiger partial charge in [0.2, 0.25) is 0 Å². The Labute approximate surface area is 144 Å². The molecular formula is C20H26N2O2. The standard InChI is InChI=1S/C20H26N2O2/c1-15(2)14-24-19(23)22-13-12-17(20(22,4)5)9-7-11-18-10-6-8-16(3)21-18/h6,8-10,15H,12-14H2,1-5H3/b17-9+. The van der Waals surface area contributed by atoms with Crippen LogP contribution in [0.3, 0.4) is 0 Å². The van der Waals surface area contributed by atoms with Crippen LogP contribution in [-0.2, 0) is 4.74 Å². The summed E-state index contributed by atoms with van der Waals surface area (Å²) in [5.74, 6) is 6.48. The van der Waals surface area contributed by atoms with Crippen LogP contribution in [0.5, 0.6) is 0 Å². The highest BCUT2D eigenvalue weighted by atomic mass is 16.6. The number of carbonyl (C=O) groups excluding carboxylic acids is 1. The lowest BCUT2D eigenvalue weighted by Gasteiger charge is -2.31. The van der Waals surface area contributed by atoms with Crippen molar-refractivity contribution in [3.63, 3.8) is 0 Å². The fourth-order valence-corrected chi connectivity index (χ4v) is 2.68. The Balaban J connectivity index is 2.09. The van der Waals surface area contributed by atoms with E-state index in [9.17, 15) is 4.79 Å². The van der Waals surface area contributed by atoms with Crippen molar-refractivity contribution in [2.45, 2.75) is 46.6 Å². The summed E-state index contributed by atoms with van der Waals surface area (Å²) in [6.45, 7) is 11.2. The largest absolute Gasteiger partial charge is 0.449 e. The smallest absolute Gasteiger partial charge is 0.410 e. The first-order valence-corrected chi connectivity index (χ1v) is 8.40. The topological polar surface area (TPSA) is 42.4 Å². The lowest BCUT2D eigenvalue weighted by atomic mass is 9.95. The number of pyridine rings is 1. The number of ether oxygens (including phenoxy) is 1. The van der Waals surface area contributed by atoms with Gasteiger partial charge in [-0.25, -0.2) is 9.78 Å². The molecule has 128 valence electrons. The van der Waals surface area contributed by atoms with Gasteiger partial charge in [-0.15, -0.1) is 0 Å². The number of nitrogens with zero attached hydrogens (tertiary/aromatic N) is 2. The zero-order chi connectivity index (χ0) is 17.7. The van der Waals surface area contributed by atoms with Crippen LogP contribution in [0, 0.1) is 24.7 Å². The molecule has 1 saturated heterocycles. The molecule has 24 heavy (non-hydrogen) atoms. The summed E-state index contributed by atoms with van der Waals surface area (Å²) in [4.78, 5) is 18.4. The van der Waals surface area contributed by atoms with Crippen molar-refractivity contribution in [3.05, 3.63) is 41.2 Å². The van der Waals surface area contributed by atoms with E-state index in [0.29, 0.717) is 19.1 Å². The van der Waals surface area contributed by atoms with Gasteiger partial charge >= 0.3 is 6.09 Å². The molecule has 0 N–H and O–H groups in total. The quantitative estimate of drug-likeness (QED) is 0.773. The molecular weight excluding hydrogens is 300 g/mol. The minimum absolute atomic E-state index is 0.245. The molecule has 1 aliphatic rings. The molecule has 4 heteroatoms. The molecule has 0 bridgehead atoms. The highest BCUT2D eigenvalue weighted by molar-refractivity contribution is 5.70. The molecule has 0 atom stereocenters. The fourth-order valence-electron chi connectivity index (χ4n) is 2.68. The molecule has 1 aromatic rings. The van der Waals surface area contributed by atoms with Gasteiger partial charge in [-0.1, -0.05) is 25.8 Å². The van der Waals surface area contributed by atoms with E-state index in [0.717, 1.165) is 23.4 Å². The lowest BCUT2D eigenvalue weighted by Crippen LogP contribution is -2.44. The Bertz CT molecular complexity index is 693. The van der Waals surface area contributed by atoms with Crippen LogP contribution in [0.1, 0.15) is 45.5 Å². The summed E-state index contributed by atoms with van der Waals surface area (Å²) >= 11 is 0. The summed E-state index contributed by atoms with van der Waals surface area (Å²) in [5.41, 5.74) is 2.48. The Morgan fingerprint density at radius 3 is 2.88 bits per heavy atom. The number of carbonyl (C=O) groups is 1. The minimum atomic E-state index is -0.372. The molecule has 2 rings (SSSR count). The van der Waals surface area contributed by atoms with Crippen molar-refractivity contribution < 1.29 is 9.53 Å². The molecule has 1 amide bonds. The van der Waals surface area contributed by atoms with Crippen LogP contribution in [0.4, 0.5) is 4.79 Å². The molecule has 1 aliphatic heterocycles. The third-order valence-corrected chi connectivity index (χ3v) is 4.16. The van der Waals surface area contributed by atoms with Crippen molar-refractivity contribution in [3.8, 4) is 11.8 Å². The zero-order valence-corrected chi connectivity index (χ0v) is 15.2. The van der Waals surface area contributed by atoms with Crippen LogP contribution in [0.25, 0.3) is 0 Å². The van der Waals surface area contributed by atoms with Gasteiger partial charge in [0.1, 0.15) is 5.69 Å². The van der Waals surface area contributed by atoms with Crippen molar-refractivity contribution in [1.29, 1.82) is 0 Å². The van der Waals surface area contributed by atoms with E-state index in [4.69, 9.17) is 4.74 Å². The molecule has 1 fully saturated rings. The summed E-state index contributed by atoms with van der Waals surface area (Å²) in [5, 5.41) is 0. The number of hydrogen-bond donors (Lipinski definition) is 0. The molecule has 0 unspecified atom stereocenters. The lowest BCUT2D eigenvalue weighted by molar-refractivity contribution is 0.0770. The maximum atomic E-state index is 12.3. The van der Waals surface area contributed by atoms with E-state index < -0.39 is 0 Å². The van der Waals surface area contributed by atoms with Crippen LogP contribution >= 0.6 is 0 Å². The maximum absolute atomic E-state index is 12.3. The predicted molar refractivity (Wildman–Crippen MR) is 95.5 cm³/mol. The SMILES string of the molecule is Cc1cccc(C#C/C=C2\CCN(C(=O)OCC(C)C)C2(C)C)n1. The van der Waals surface area contributed by atoms with Gasteiger partial charge in [0.15, 0.2) is 0 Å². The zero-order valence-electron chi connectivity index (χ0n) is 15.2. The molecule has 0 aliphatic carbocycles. The van der Waals surface area contributed by atoms with Gasteiger partial charge in [0.25, 0.3) is 0 Å². The summed E-state index contributed by atoms with van der Waals surface area (Å²) in [6.07, 6.45) is 2.49. The van der Waals surface area contributed by atoms with Gasteiger partial charge in [-0.3, -0.25) is 4.90 Å². The number of aromatic nitrogens is 1. The van der Waals surface area contributed by atoms with Crippen LogP contribution in [0.15, 0.2) is 29.8 Å². The summed E-state index contributed by atoms with van der Waals surface area (Å²) in [6, 6.07) is 5.80. The van der Waals surface area contributed by atoms with Crippen LogP contribution in [0.2, 0.25) is 0 Å². The first kappa shape index (κ1) is 18.1. The molecule has 0 radical (unpaired) electrons. The first-order valence-electron chi connectivity index (χ1n) is 8.40. The first-order chi connectivity index (χ1) is 11.3. The number of aryl methyl sites for hydroxylation is 1. The van der Waals surface area contributed by atoms with E-state index in [2.05, 4.69) is 16.8 Å². The molecule has 0 saturated carbocycles. The highest BCUT2D eigenvalue weighted by Gasteiger charge is 2.40. The predicted octanol–water partition coefficient (Wildman–Crippen LogP) is 3.94. The Hall–Kier alpha value is -2.28. The number of allylic oxidation sites excluding steroid dienone is 1. The molecule has 0 spiro atoms. The summed E-state index contributed by atoms with van der Waals surface area (Å²) in [7, 11) is 0. The Morgan fingerprint density at radius 2 is 2.21 bits per heavy atom. The Kier molecular flexibility index (Phi) is 5.66. The third-order valence-electron chi connectivity index (χ3n) is 4.16. The van der Waals surface area contributed by atoms with E-state index >= 15 is 0 Å². The van der Waals surface area contributed by atoms with E-state index in [1.54, 1.807) is 4.90 Å². The fraction of sp³-hybridized carbons (Fsp3) is 0.500. The van der Waals surface area contributed by atoms with Gasteiger partial charge in [-0.2, -0.15) is 0 Å². The monoisotopic (exact) mass is 326 g/mol. The maximum Gasteiger partial charge on any atom is 0.410 e. The third kappa shape index (κ3) is 4.38. The number of hydrogen-bond acceptors (Lipinski definition) is 3. The van der Waals surface area contributed by atoms with Gasteiger partial charge in [-0.05, 0) is 62.8 Å². The van der Waals surface area contributed by atoms with E-state index in [-0.39, 0.29) is 11.6 Å². The number of likely N-dealkylation sites (tertiary alicyclic amines) is 1. The molecule has 1 aromatic heterocycles. The normalized spacial score (nSPS) is 17.8. The van der Waals surface area contributed by atoms with Crippen molar-refractivity contribution >= 4 is 6.09 Å². The average molecular weight is 326 g/mol. The van der Waals surface area contributed by atoms with Crippen molar-refractivity contribution in [1.82, 2.24) is 9.88 Å². The molecule has 2 heterocycles. The highest BCUT2D eigenvalue weighted by Crippen LogP contribution is 2.34. The summed E-state index contributed by atoms with van der Waals surface area (Å²) < 4.78 is 5.37. The second-order valence-corrected chi connectivity index (χ2v) is 7.03. The molecule has 4 nitrogen and oxygen atoms in total. The average Bonchev–Trinajstić information content (AvgIpc) is 2.80. The van der Waals surface area contributed by atoms with Crippen molar-refractivity contribution in [2.24, 2.45) is 5.92 Å².